The molecule has 1 amide bonds. The van der Waals surface area contributed by atoms with Gasteiger partial charge in [0.15, 0.2) is 0 Å². The summed E-state index contributed by atoms with van der Waals surface area (Å²) in [4.78, 5) is 15.1. The lowest BCUT2D eigenvalue weighted by Crippen LogP contribution is -2.11. The van der Waals surface area contributed by atoms with Gasteiger partial charge in [-0.3, -0.25) is 4.79 Å². The Morgan fingerprint density at radius 1 is 0.581 bits per heavy atom. The van der Waals surface area contributed by atoms with Gasteiger partial charge in [0.25, 0.3) is 5.91 Å². The summed E-state index contributed by atoms with van der Waals surface area (Å²) in [6, 6.07) is 36.6. The molecule has 1 N–H and O–H groups in total. The Balaban J connectivity index is 1.28. The second-order valence-corrected chi connectivity index (χ2v) is 9.15. The quantitative estimate of drug-likeness (QED) is 0.287. The standard InChI is InChI=1S/C27H23NOS2/c29-27(23-15-11-21(12-16-23)19-30-25-7-3-1-4-8-25)28-24-17-13-22(14-18-24)20-31-26-9-5-2-6-10-26/h1-18H,19-20H2,(H,28,29). The summed E-state index contributed by atoms with van der Waals surface area (Å²) in [7, 11) is 0. The second-order valence-electron chi connectivity index (χ2n) is 7.05. The van der Waals surface area contributed by atoms with Crippen LogP contribution in [-0.4, -0.2) is 5.91 Å². The molecule has 0 radical (unpaired) electrons. The Labute approximate surface area is 192 Å². The van der Waals surface area contributed by atoms with Gasteiger partial charge in [0, 0.05) is 32.5 Å². The van der Waals surface area contributed by atoms with Crippen LogP contribution in [0.4, 0.5) is 5.69 Å². The normalized spacial score (nSPS) is 10.6. The van der Waals surface area contributed by atoms with E-state index in [-0.39, 0.29) is 5.91 Å². The van der Waals surface area contributed by atoms with Crippen molar-refractivity contribution in [2.75, 3.05) is 5.32 Å². The Morgan fingerprint density at radius 3 is 1.52 bits per heavy atom. The van der Waals surface area contributed by atoms with E-state index in [2.05, 4.69) is 53.8 Å². The number of hydrogen-bond donors (Lipinski definition) is 1. The number of amides is 1. The van der Waals surface area contributed by atoms with Crippen LogP contribution >= 0.6 is 23.5 Å². The molecule has 0 fully saturated rings. The highest BCUT2D eigenvalue weighted by Crippen LogP contribution is 2.24. The van der Waals surface area contributed by atoms with E-state index in [1.807, 2.05) is 60.7 Å². The van der Waals surface area contributed by atoms with Crippen LogP contribution in [0.3, 0.4) is 0 Å². The fourth-order valence-corrected chi connectivity index (χ4v) is 4.76. The van der Waals surface area contributed by atoms with Crippen LogP contribution in [0.15, 0.2) is 119 Å². The van der Waals surface area contributed by atoms with Crippen LogP contribution in [0.2, 0.25) is 0 Å². The molecule has 0 aromatic heterocycles. The van der Waals surface area contributed by atoms with E-state index >= 15 is 0 Å². The third kappa shape index (κ3) is 6.51. The predicted molar refractivity (Wildman–Crippen MR) is 133 cm³/mol. The van der Waals surface area contributed by atoms with Gasteiger partial charge in [-0.05, 0) is 59.7 Å². The minimum Gasteiger partial charge on any atom is -0.322 e. The van der Waals surface area contributed by atoms with Crippen molar-refractivity contribution in [3.8, 4) is 0 Å². The molecule has 4 aromatic rings. The SMILES string of the molecule is O=C(Nc1ccc(CSc2ccccc2)cc1)c1ccc(CSc2ccccc2)cc1. The highest BCUT2D eigenvalue weighted by atomic mass is 32.2. The number of carbonyl (C=O) groups is 1. The molecule has 0 aliphatic carbocycles. The van der Waals surface area contributed by atoms with Crippen LogP contribution < -0.4 is 5.32 Å². The summed E-state index contributed by atoms with van der Waals surface area (Å²) < 4.78 is 0. The average molecular weight is 442 g/mol. The van der Waals surface area contributed by atoms with Gasteiger partial charge in [-0.15, -0.1) is 23.5 Å². The number of thioether (sulfide) groups is 2. The van der Waals surface area contributed by atoms with Gasteiger partial charge >= 0.3 is 0 Å². The van der Waals surface area contributed by atoms with Crippen molar-refractivity contribution < 1.29 is 4.79 Å². The van der Waals surface area contributed by atoms with Gasteiger partial charge < -0.3 is 5.32 Å². The molecule has 0 spiro atoms. The molecule has 154 valence electrons. The predicted octanol–water partition coefficient (Wildman–Crippen LogP) is 7.52. The van der Waals surface area contributed by atoms with E-state index in [4.69, 9.17) is 0 Å². The van der Waals surface area contributed by atoms with Gasteiger partial charge in [-0.25, -0.2) is 0 Å². The second kappa shape index (κ2) is 10.9. The van der Waals surface area contributed by atoms with Crippen molar-refractivity contribution in [2.45, 2.75) is 21.3 Å². The molecule has 4 heteroatoms. The van der Waals surface area contributed by atoms with Crippen LogP contribution in [0.5, 0.6) is 0 Å². The van der Waals surface area contributed by atoms with E-state index in [1.165, 1.54) is 20.9 Å². The molecular weight excluding hydrogens is 418 g/mol. The highest BCUT2D eigenvalue weighted by Gasteiger charge is 2.07. The van der Waals surface area contributed by atoms with E-state index < -0.39 is 0 Å². The molecule has 2 nitrogen and oxygen atoms in total. The van der Waals surface area contributed by atoms with Gasteiger partial charge in [-0.2, -0.15) is 0 Å². The summed E-state index contributed by atoms with van der Waals surface area (Å²) in [6.07, 6.45) is 0. The topological polar surface area (TPSA) is 29.1 Å². The summed E-state index contributed by atoms with van der Waals surface area (Å²) in [6.45, 7) is 0. The Kier molecular flexibility index (Phi) is 7.48. The summed E-state index contributed by atoms with van der Waals surface area (Å²) in [5.41, 5.74) is 3.90. The van der Waals surface area contributed by atoms with Gasteiger partial charge in [0.1, 0.15) is 0 Å². The number of benzene rings is 4. The third-order valence-corrected chi connectivity index (χ3v) is 6.89. The largest absolute Gasteiger partial charge is 0.322 e. The molecule has 31 heavy (non-hydrogen) atoms. The number of nitrogens with one attached hydrogen (secondary N) is 1. The van der Waals surface area contributed by atoms with Crippen LogP contribution in [0, 0.1) is 0 Å². The van der Waals surface area contributed by atoms with Crippen molar-refractivity contribution in [2.24, 2.45) is 0 Å². The van der Waals surface area contributed by atoms with E-state index in [1.54, 1.807) is 23.5 Å². The Morgan fingerprint density at radius 2 is 1.03 bits per heavy atom. The average Bonchev–Trinajstić information content (AvgIpc) is 2.84. The van der Waals surface area contributed by atoms with E-state index in [0.717, 1.165) is 17.2 Å². The number of anilines is 1. The van der Waals surface area contributed by atoms with Crippen LogP contribution in [-0.2, 0) is 11.5 Å². The maximum Gasteiger partial charge on any atom is 0.255 e. The first-order chi connectivity index (χ1) is 15.3. The van der Waals surface area contributed by atoms with Gasteiger partial charge in [0.2, 0.25) is 0 Å². The molecule has 0 saturated carbocycles. The number of carbonyl (C=O) groups excluding carboxylic acids is 1. The molecular formula is C27H23NOS2. The van der Waals surface area contributed by atoms with Crippen LogP contribution in [0.25, 0.3) is 0 Å². The molecule has 0 saturated heterocycles. The van der Waals surface area contributed by atoms with Gasteiger partial charge in [-0.1, -0.05) is 60.7 Å². The Bertz CT molecular complexity index is 1100. The molecule has 4 rings (SSSR count). The van der Waals surface area contributed by atoms with Crippen molar-refractivity contribution in [3.05, 3.63) is 126 Å². The molecule has 0 atom stereocenters. The molecule has 4 aromatic carbocycles. The maximum atomic E-state index is 12.6. The summed E-state index contributed by atoms with van der Waals surface area (Å²) in [5.74, 6) is 1.70. The lowest BCUT2D eigenvalue weighted by atomic mass is 10.1. The fraction of sp³-hybridized carbons (Fsp3) is 0.0741. The number of hydrogen-bond acceptors (Lipinski definition) is 3. The van der Waals surface area contributed by atoms with E-state index in [0.29, 0.717) is 5.56 Å². The van der Waals surface area contributed by atoms with Crippen molar-refractivity contribution in [3.63, 3.8) is 0 Å². The van der Waals surface area contributed by atoms with Gasteiger partial charge in [0.05, 0.1) is 0 Å². The molecule has 0 bridgehead atoms. The fourth-order valence-electron chi connectivity index (χ4n) is 3.01. The first-order valence-corrected chi connectivity index (χ1v) is 12.1. The number of rotatable bonds is 8. The zero-order valence-corrected chi connectivity index (χ0v) is 18.7. The van der Waals surface area contributed by atoms with Crippen molar-refractivity contribution in [1.29, 1.82) is 0 Å². The maximum absolute atomic E-state index is 12.6. The zero-order chi connectivity index (χ0) is 21.3. The highest BCUT2D eigenvalue weighted by molar-refractivity contribution is 7.98. The molecule has 0 unspecified atom stereocenters. The monoisotopic (exact) mass is 441 g/mol. The lowest BCUT2D eigenvalue weighted by Gasteiger charge is -2.08. The molecule has 0 aliphatic rings. The molecule has 0 heterocycles. The van der Waals surface area contributed by atoms with Crippen molar-refractivity contribution in [1.82, 2.24) is 0 Å². The minimum atomic E-state index is -0.0892. The first-order valence-electron chi connectivity index (χ1n) is 10.1. The lowest BCUT2D eigenvalue weighted by molar-refractivity contribution is 0.102. The summed E-state index contributed by atoms with van der Waals surface area (Å²) in [5, 5.41) is 2.99. The van der Waals surface area contributed by atoms with Crippen LogP contribution in [0.1, 0.15) is 21.5 Å². The van der Waals surface area contributed by atoms with Crippen molar-refractivity contribution >= 4 is 35.1 Å². The third-order valence-electron chi connectivity index (χ3n) is 4.73. The first kappa shape index (κ1) is 21.3. The van der Waals surface area contributed by atoms with E-state index in [9.17, 15) is 4.79 Å². The molecule has 0 aliphatic heterocycles. The minimum absolute atomic E-state index is 0.0892. The summed E-state index contributed by atoms with van der Waals surface area (Å²) >= 11 is 3.60. The Hall–Kier alpha value is -2.95. The zero-order valence-electron chi connectivity index (χ0n) is 17.0. The smallest absolute Gasteiger partial charge is 0.255 e.